The fraction of sp³-hybridized carbons (Fsp3) is 0.167. The first-order valence-corrected chi connectivity index (χ1v) is 4.71. The number of rotatable bonds is 5. The van der Waals surface area contributed by atoms with Crippen molar-refractivity contribution in [3.05, 3.63) is 48.6 Å². The van der Waals surface area contributed by atoms with Gasteiger partial charge in [0.1, 0.15) is 6.61 Å². The summed E-state index contributed by atoms with van der Waals surface area (Å²) in [5, 5.41) is 8.67. The number of ether oxygens (including phenoxy) is 1. The zero-order valence-corrected chi connectivity index (χ0v) is 8.63. The maximum atomic E-state index is 11.3. The average molecular weight is 220 g/mol. The van der Waals surface area contributed by atoms with E-state index in [-0.39, 0.29) is 6.61 Å². The van der Waals surface area contributed by atoms with E-state index in [4.69, 9.17) is 9.84 Å². The van der Waals surface area contributed by atoms with Crippen molar-refractivity contribution >= 4 is 11.9 Å². The molecule has 0 spiro atoms. The Labute approximate surface area is 93.2 Å². The zero-order valence-electron chi connectivity index (χ0n) is 8.63. The molecule has 0 radical (unpaired) electrons. The van der Waals surface area contributed by atoms with Crippen LogP contribution in [0.25, 0.3) is 0 Å². The smallest absolute Gasteiger partial charge is 0.324 e. The summed E-state index contributed by atoms with van der Waals surface area (Å²) in [6, 6.07) is 9.04. The van der Waals surface area contributed by atoms with Gasteiger partial charge in [-0.2, -0.15) is 0 Å². The number of hydrogen-bond donors (Lipinski definition) is 1. The third-order valence-corrected chi connectivity index (χ3v) is 1.98. The number of carbonyl (C=O) groups is 2. The lowest BCUT2D eigenvalue weighted by molar-refractivity contribution is -0.157. The van der Waals surface area contributed by atoms with Gasteiger partial charge in [-0.15, -0.1) is 6.58 Å². The first-order valence-electron chi connectivity index (χ1n) is 4.71. The van der Waals surface area contributed by atoms with Gasteiger partial charge < -0.3 is 9.84 Å². The quantitative estimate of drug-likeness (QED) is 0.465. The molecule has 0 heterocycles. The number of aliphatic carboxylic acids is 1. The van der Waals surface area contributed by atoms with E-state index < -0.39 is 17.9 Å². The molecule has 0 aliphatic carbocycles. The third-order valence-electron chi connectivity index (χ3n) is 1.98. The van der Waals surface area contributed by atoms with Crippen LogP contribution in [0.1, 0.15) is 5.56 Å². The topological polar surface area (TPSA) is 63.6 Å². The van der Waals surface area contributed by atoms with Gasteiger partial charge in [-0.3, -0.25) is 9.59 Å². The molecule has 0 amide bonds. The first kappa shape index (κ1) is 12.0. The number of carboxylic acid groups (broad SMARTS) is 1. The summed E-state index contributed by atoms with van der Waals surface area (Å²) in [5.74, 6) is -3.36. The van der Waals surface area contributed by atoms with Crippen molar-refractivity contribution in [2.45, 2.75) is 6.61 Å². The molecular weight excluding hydrogens is 208 g/mol. The van der Waals surface area contributed by atoms with E-state index in [1.807, 2.05) is 18.2 Å². The molecule has 16 heavy (non-hydrogen) atoms. The summed E-state index contributed by atoms with van der Waals surface area (Å²) < 4.78 is 4.85. The van der Waals surface area contributed by atoms with Crippen LogP contribution in [0.2, 0.25) is 0 Å². The summed E-state index contributed by atoms with van der Waals surface area (Å²) in [5.41, 5.74) is 0.809. The van der Waals surface area contributed by atoms with E-state index in [1.165, 1.54) is 0 Å². The number of carboxylic acids is 1. The van der Waals surface area contributed by atoms with E-state index >= 15 is 0 Å². The SMILES string of the molecule is C=CC(C(=O)O)C(=O)OCc1ccccc1. The van der Waals surface area contributed by atoms with E-state index in [1.54, 1.807) is 12.1 Å². The molecule has 1 aromatic carbocycles. The lowest BCUT2D eigenvalue weighted by Crippen LogP contribution is -2.23. The number of benzene rings is 1. The average Bonchev–Trinajstić information content (AvgIpc) is 2.28. The lowest BCUT2D eigenvalue weighted by atomic mass is 10.1. The van der Waals surface area contributed by atoms with Gasteiger partial charge in [0.15, 0.2) is 5.92 Å². The highest BCUT2D eigenvalue weighted by Gasteiger charge is 2.24. The second kappa shape index (κ2) is 5.70. The predicted molar refractivity (Wildman–Crippen MR) is 57.6 cm³/mol. The Morgan fingerprint density at radius 3 is 2.50 bits per heavy atom. The van der Waals surface area contributed by atoms with Crippen molar-refractivity contribution in [2.75, 3.05) is 0 Å². The standard InChI is InChI=1S/C12H12O4/c1-2-10(11(13)14)12(15)16-8-9-6-4-3-5-7-9/h2-7,10H,1,8H2,(H,13,14). The highest BCUT2D eigenvalue weighted by Crippen LogP contribution is 2.06. The van der Waals surface area contributed by atoms with E-state index in [2.05, 4.69) is 6.58 Å². The van der Waals surface area contributed by atoms with Crippen LogP contribution in [0.15, 0.2) is 43.0 Å². The van der Waals surface area contributed by atoms with Gasteiger partial charge in [0.2, 0.25) is 0 Å². The maximum absolute atomic E-state index is 11.3. The van der Waals surface area contributed by atoms with E-state index in [0.717, 1.165) is 11.6 Å². The van der Waals surface area contributed by atoms with Crippen LogP contribution < -0.4 is 0 Å². The molecule has 1 aromatic rings. The second-order valence-corrected chi connectivity index (χ2v) is 3.14. The third kappa shape index (κ3) is 3.24. The van der Waals surface area contributed by atoms with Gasteiger partial charge in [-0.05, 0) is 5.56 Å². The summed E-state index contributed by atoms with van der Waals surface area (Å²) in [4.78, 5) is 21.9. The molecule has 0 bridgehead atoms. The summed E-state index contributed by atoms with van der Waals surface area (Å²) in [6.07, 6.45) is 1.05. The highest BCUT2D eigenvalue weighted by molar-refractivity contribution is 5.95. The van der Waals surface area contributed by atoms with Crippen molar-refractivity contribution < 1.29 is 19.4 Å². The number of hydrogen-bond acceptors (Lipinski definition) is 3. The minimum absolute atomic E-state index is 0.0668. The van der Waals surface area contributed by atoms with Gasteiger partial charge in [-0.1, -0.05) is 36.4 Å². The molecule has 0 aromatic heterocycles. The molecule has 0 saturated heterocycles. The summed E-state index contributed by atoms with van der Waals surface area (Å²) in [6.45, 7) is 3.34. The molecule has 1 rings (SSSR count). The molecule has 0 saturated carbocycles. The Bertz CT molecular complexity index is 383. The van der Waals surface area contributed by atoms with Crippen LogP contribution in [-0.2, 0) is 20.9 Å². The molecule has 1 unspecified atom stereocenters. The Morgan fingerprint density at radius 2 is 2.00 bits per heavy atom. The fourth-order valence-corrected chi connectivity index (χ4v) is 1.12. The largest absolute Gasteiger partial charge is 0.480 e. The van der Waals surface area contributed by atoms with Gasteiger partial charge in [0, 0.05) is 0 Å². The maximum Gasteiger partial charge on any atom is 0.324 e. The Balaban J connectivity index is 2.52. The Kier molecular flexibility index (Phi) is 4.27. The van der Waals surface area contributed by atoms with Crippen molar-refractivity contribution in [1.29, 1.82) is 0 Å². The molecule has 1 atom stereocenters. The fourth-order valence-electron chi connectivity index (χ4n) is 1.12. The van der Waals surface area contributed by atoms with Crippen molar-refractivity contribution in [1.82, 2.24) is 0 Å². The molecule has 4 nitrogen and oxygen atoms in total. The first-order chi connectivity index (χ1) is 7.65. The monoisotopic (exact) mass is 220 g/mol. The minimum atomic E-state index is -1.30. The number of carbonyl (C=O) groups excluding carboxylic acids is 1. The molecular formula is C12H12O4. The highest BCUT2D eigenvalue weighted by atomic mass is 16.5. The zero-order chi connectivity index (χ0) is 12.0. The number of esters is 1. The van der Waals surface area contributed by atoms with Gasteiger partial charge in [0.25, 0.3) is 0 Å². The van der Waals surface area contributed by atoms with E-state index in [0.29, 0.717) is 0 Å². The van der Waals surface area contributed by atoms with Crippen molar-refractivity contribution in [3.8, 4) is 0 Å². The van der Waals surface area contributed by atoms with Crippen molar-refractivity contribution in [2.24, 2.45) is 5.92 Å². The molecule has 1 N–H and O–H groups in total. The van der Waals surface area contributed by atoms with Gasteiger partial charge in [0.05, 0.1) is 0 Å². The van der Waals surface area contributed by atoms with Crippen LogP contribution in [0, 0.1) is 5.92 Å². The van der Waals surface area contributed by atoms with Crippen LogP contribution in [0.4, 0.5) is 0 Å². The molecule has 0 fully saturated rings. The minimum Gasteiger partial charge on any atom is -0.480 e. The Hall–Kier alpha value is -2.10. The van der Waals surface area contributed by atoms with Crippen LogP contribution in [0.3, 0.4) is 0 Å². The molecule has 4 heteroatoms. The van der Waals surface area contributed by atoms with Crippen LogP contribution >= 0.6 is 0 Å². The van der Waals surface area contributed by atoms with Crippen LogP contribution in [0.5, 0.6) is 0 Å². The molecule has 84 valence electrons. The van der Waals surface area contributed by atoms with Gasteiger partial charge in [-0.25, -0.2) is 0 Å². The van der Waals surface area contributed by atoms with Crippen molar-refractivity contribution in [3.63, 3.8) is 0 Å². The summed E-state index contributed by atoms with van der Waals surface area (Å²) >= 11 is 0. The molecule has 0 aliphatic rings. The van der Waals surface area contributed by atoms with Gasteiger partial charge >= 0.3 is 11.9 Å². The predicted octanol–water partition coefficient (Wildman–Crippen LogP) is 1.62. The van der Waals surface area contributed by atoms with Crippen LogP contribution in [-0.4, -0.2) is 17.0 Å². The molecule has 0 aliphatic heterocycles. The Morgan fingerprint density at radius 1 is 1.38 bits per heavy atom. The lowest BCUT2D eigenvalue weighted by Gasteiger charge is -2.08. The normalized spacial score (nSPS) is 11.5. The second-order valence-electron chi connectivity index (χ2n) is 3.14. The summed E-state index contributed by atoms with van der Waals surface area (Å²) in [7, 11) is 0. The van der Waals surface area contributed by atoms with E-state index in [9.17, 15) is 9.59 Å².